The number of benzene rings is 1. The number of pyridine rings is 1. The van der Waals surface area contributed by atoms with Crippen molar-refractivity contribution in [3.05, 3.63) is 41.5 Å². The van der Waals surface area contributed by atoms with Crippen LogP contribution in [0.5, 0.6) is 0 Å². The fourth-order valence-corrected chi connectivity index (χ4v) is 3.18. The smallest absolute Gasteiger partial charge is 0.158 e. The third-order valence-corrected chi connectivity index (χ3v) is 4.10. The molecule has 20 heavy (non-hydrogen) atoms. The Balaban J connectivity index is 2.07. The largest absolute Gasteiger partial charge is 0.382 e. The van der Waals surface area contributed by atoms with Gasteiger partial charge in [0.1, 0.15) is 0 Å². The number of anilines is 1. The number of hydrogen-bond acceptors (Lipinski definition) is 3. The average molecular weight is 264 g/mol. The lowest BCUT2D eigenvalue weighted by Crippen LogP contribution is -2.07. The first-order valence-electron chi connectivity index (χ1n) is 7.05. The zero-order chi connectivity index (χ0) is 13.5. The Kier molecular flexibility index (Phi) is 2.49. The fraction of sp³-hybridized carbons (Fsp3) is 0.250. The maximum Gasteiger partial charge on any atom is 0.158 e. The standard InChI is InChI=1S/C16H16N4/c17-15-13-11-8-4-5-9-12(11)14(18-16(13)20-19-15)10-6-2-1-3-7-10/h1-3,6-7H,4-5,8-9H2,(H3,17,18,19,20). The van der Waals surface area contributed by atoms with Crippen LogP contribution < -0.4 is 5.73 Å². The third-order valence-electron chi connectivity index (χ3n) is 4.10. The van der Waals surface area contributed by atoms with Crippen LogP contribution in [-0.4, -0.2) is 15.2 Å². The first-order chi connectivity index (χ1) is 9.84. The van der Waals surface area contributed by atoms with Gasteiger partial charge in [-0.15, -0.1) is 0 Å². The van der Waals surface area contributed by atoms with Crippen molar-refractivity contribution in [3.8, 4) is 11.3 Å². The summed E-state index contributed by atoms with van der Waals surface area (Å²) in [7, 11) is 0. The monoisotopic (exact) mass is 264 g/mol. The van der Waals surface area contributed by atoms with Gasteiger partial charge in [0.2, 0.25) is 0 Å². The number of aryl methyl sites for hydroxylation is 1. The molecular formula is C16H16N4. The van der Waals surface area contributed by atoms with Gasteiger partial charge in [0.25, 0.3) is 0 Å². The van der Waals surface area contributed by atoms with E-state index in [-0.39, 0.29) is 0 Å². The van der Waals surface area contributed by atoms with E-state index in [1.165, 1.54) is 29.5 Å². The van der Waals surface area contributed by atoms with E-state index in [2.05, 4.69) is 34.5 Å². The van der Waals surface area contributed by atoms with E-state index >= 15 is 0 Å². The molecule has 3 N–H and O–H groups in total. The van der Waals surface area contributed by atoms with E-state index in [1.807, 2.05) is 6.07 Å². The number of nitrogen functional groups attached to an aromatic ring is 1. The zero-order valence-electron chi connectivity index (χ0n) is 11.2. The van der Waals surface area contributed by atoms with Crippen molar-refractivity contribution in [1.29, 1.82) is 0 Å². The minimum Gasteiger partial charge on any atom is -0.382 e. The molecule has 100 valence electrons. The van der Waals surface area contributed by atoms with Gasteiger partial charge < -0.3 is 5.73 Å². The van der Waals surface area contributed by atoms with Gasteiger partial charge in [-0.3, -0.25) is 5.10 Å². The Bertz CT molecular complexity index is 774. The van der Waals surface area contributed by atoms with Gasteiger partial charge in [-0.25, -0.2) is 4.98 Å². The Morgan fingerprint density at radius 2 is 1.75 bits per heavy atom. The summed E-state index contributed by atoms with van der Waals surface area (Å²) in [5.74, 6) is 0.574. The van der Waals surface area contributed by atoms with Crippen molar-refractivity contribution in [1.82, 2.24) is 15.2 Å². The maximum absolute atomic E-state index is 6.01. The molecule has 0 saturated heterocycles. The van der Waals surface area contributed by atoms with Gasteiger partial charge in [-0.1, -0.05) is 30.3 Å². The zero-order valence-corrected chi connectivity index (χ0v) is 11.2. The van der Waals surface area contributed by atoms with Crippen LogP contribution in [0.1, 0.15) is 24.0 Å². The fourth-order valence-electron chi connectivity index (χ4n) is 3.18. The number of H-pyrrole nitrogens is 1. The number of aromatic amines is 1. The minimum atomic E-state index is 0.574. The highest BCUT2D eigenvalue weighted by atomic mass is 15.2. The molecule has 1 aliphatic carbocycles. The third kappa shape index (κ3) is 1.61. The van der Waals surface area contributed by atoms with Crippen LogP contribution >= 0.6 is 0 Å². The van der Waals surface area contributed by atoms with Crippen LogP contribution in [0.3, 0.4) is 0 Å². The van der Waals surface area contributed by atoms with Crippen molar-refractivity contribution < 1.29 is 0 Å². The number of aromatic nitrogens is 3. The summed E-state index contributed by atoms with van der Waals surface area (Å²) in [4.78, 5) is 4.78. The second kappa shape index (κ2) is 4.34. The van der Waals surface area contributed by atoms with Crippen LogP contribution in [0.2, 0.25) is 0 Å². The van der Waals surface area contributed by atoms with Crippen LogP contribution in [0, 0.1) is 0 Å². The molecule has 4 nitrogen and oxygen atoms in total. The van der Waals surface area contributed by atoms with Crippen LogP contribution in [0.4, 0.5) is 5.82 Å². The summed E-state index contributed by atoms with van der Waals surface area (Å²) >= 11 is 0. The molecule has 0 amide bonds. The molecule has 2 heterocycles. The molecule has 0 aliphatic heterocycles. The van der Waals surface area contributed by atoms with Gasteiger partial charge in [0.15, 0.2) is 11.5 Å². The number of nitrogens with one attached hydrogen (secondary N) is 1. The van der Waals surface area contributed by atoms with Crippen molar-refractivity contribution in [2.24, 2.45) is 0 Å². The molecule has 0 spiro atoms. The molecule has 0 bridgehead atoms. The Morgan fingerprint density at radius 3 is 2.55 bits per heavy atom. The molecule has 1 aliphatic rings. The number of nitrogens with zero attached hydrogens (tertiary/aromatic N) is 2. The molecular weight excluding hydrogens is 248 g/mol. The van der Waals surface area contributed by atoms with E-state index in [0.29, 0.717) is 5.82 Å². The van der Waals surface area contributed by atoms with Crippen LogP contribution in [0.15, 0.2) is 30.3 Å². The first-order valence-corrected chi connectivity index (χ1v) is 7.05. The Labute approximate surface area is 117 Å². The predicted octanol–water partition coefficient (Wildman–Crippen LogP) is 3.09. The predicted molar refractivity (Wildman–Crippen MR) is 80.4 cm³/mol. The van der Waals surface area contributed by atoms with Gasteiger partial charge in [0, 0.05) is 5.56 Å². The number of hydrogen-bond donors (Lipinski definition) is 2. The molecule has 2 aromatic heterocycles. The van der Waals surface area contributed by atoms with E-state index in [1.54, 1.807) is 0 Å². The number of fused-ring (bicyclic) bond motifs is 3. The molecule has 0 unspecified atom stereocenters. The molecule has 0 atom stereocenters. The summed E-state index contributed by atoms with van der Waals surface area (Å²) in [5, 5.41) is 8.12. The van der Waals surface area contributed by atoms with E-state index in [4.69, 9.17) is 10.7 Å². The van der Waals surface area contributed by atoms with Crippen molar-refractivity contribution in [2.45, 2.75) is 25.7 Å². The summed E-state index contributed by atoms with van der Waals surface area (Å²) in [6, 6.07) is 10.4. The summed E-state index contributed by atoms with van der Waals surface area (Å²) in [6.07, 6.45) is 4.58. The summed E-state index contributed by atoms with van der Waals surface area (Å²) < 4.78 is 0. The Hall–Kier alpha value is -2.36. The second-order valence-corrected chi connectivity index (χ2v) is 5.32. The van der Waals surface area contributed by atoms with Crippen LogP contribution in [-0.2, 0) is 12.8 Å². The van der Waals surface area contributed by atoms with Crippen molar-refractivity contribution in [3.63, 3.8) is 0 Å². The highest BCUT2D eigenvalue weighted by Gasteiger charge is 2.21. The van der Waals surface area contributed by atoms with Gasteiger partial charge in [-0.05, 0) is 36.8 Å². The number of nitrogens with two attached hydrogens (primary N) is 1. The second-order valence-electron chi connectivity index (χ2n) is 5.32. The van der Waals surface area contributed by atoms with Crippen LogP contribution in [0.25, 0.3) is 22.3 Å². The lowest BCUT2D eigenvalue weighted by atomic mass is 9.87. The van der Waals surface area contributed by atoms with Gasteiger partial charge in [0.05, 0.1) is 11.1 Å². The molecule has 4 heteroatoms. The minimum absolute atomic E-state index is 0.574. The normalized spacial score (nSPS) is 14.4. The lowest BCUT2D eigenvalue weighted by molar-refractivity contribution is 0.689. The first kappa shape index (κ1) is 11.5. The molecule has 0 saturated carbocycles. The Morgan fingerprint density at radius 1 is 1.00 bits per heavy atom. The highest BCUT2D eigenvalue weighted by Crippen LogP contribution is 2.36. The summed E-state index contributed by atoms with van der Waals surface area (Å²) in [6.45, 7) is 0. The molecule has 4 rings (SSSR count). The van der Waals surface area contributed by atoms with Gasteiger partial charge in [-0.2, -0.15) is 5.10 Å². The van der Waals surface area contributed by atoms with E-state index in [9.17, 15) is 0 Å². The highest BCUT2D eigenvalue weighted by molar-refractivity contribution is 5.92. The molecule has 1 aromatic carbocycles. The van der Waals surface area contributed by atoms with Crippen molar-refractivity contribution in [2.75, 3.05) is 5.73 Å². The SMILES string of the molecule is Nc1n[nH]c2nc(-c3ccccc3)c3c(c12)CCCC3. The quantitative estimate of drug-likeness (QED) is 0.709. The van der Waals surface area contributed by atoms with E-state index in [0.717, 1.165) is 29.6 Å². The molecule has 0 fully saturated rings. The number of rotatable bonds is 1. The average Bonchev–Trinajstić information content (AvgIpc) is 2.89. The molecule has 3 aromatic rings. The summed E-state index contributed by atoms with van der Waals surface area (Å²) in [5.41, 5.74) is 11.8. The topological polar surface area (TPSA) is 67.6 Å². The van der Waals surface area contributed by atoms with Gasteiger partial charge >= 0.3 is 0 Å². The molecule has 0 radical (unpaired) electrons. The van der Waals surface area contributed by atoms with Crippen molar-refractivity contribution >= 4 is 16.9 Å². The lowest BCUT2D eigenvalue weighted by Gasteiger charge is -2.20. The van der Waals surface area contributed by atoms with E-state index < -0.39 is 0 Å². The maximum atomic E-state index is 6.01.